The molecule has 1 unspecified atom stereocenters. The molecule has 2 atom stereocenters. The molecule has 1 fully saturated rings. The summed E-state index contributed by atoms with van der Waals surface area (Å²) >= 11 is 1.51. The molecule has 5 heteroatoms. The van der Waals surface area contributed by atoms with Crippen molar-refractivity contribution in [2.45, 2.75) is 11.8 Å². The second-order valence-electron chi connectivity index (χ2n) is 2.76. The Morgan fingerprint density at radius 2 is 2.50 bits per heavy atom. The molecule has 64 valence electrons. The third-order valence-corrected chi connectivity index (χ3v) is 3.14. The first-order valence-corrected chi connectivity index (χ1v) is 4.50. The van der Waals surface area contributed by atoms with Gasteiger partial charge in [-0.1, -0.05) is 0 Å². The molecule has 0 spiro atoms. The molecular formula is C7H7NO3S. The van der Waals surface area contributed by atoms with E-state index in [1.807, 2.05) is 5.41 Å². The highest BCUT2D eigenvalue weighted by atomic mass is 32.2. The largest absolute Gasteiger partial charge is 0.481 e. The van der Waals surface area contributed by atoms with E-state index in [2.05, 4.69) is 0 Å². The Hall–Kier alpha value is -0.970. The summed E-state index contributed by atoms with van der Waals surface area (Å²) in [5.74, 6) is -1.29. The summed E-state index contributed by atoms with van der Waals surface area (Å²) in [6, 6.07) is 0. The van der Waals surface area contributed by atoms with Gasteiger partial charge in [0.2, 0.25) is 5.91 Å². The van der Waals surface area contributed by atoms with Gasteiger partial charge in [0.05, 0.1) is 17.7 Å². The van der Waals surface area contributed by atoms with Gasteiger partial charge in [0, 0.05) is 6.20 Å². The highest BCUT2D eigenvalue weighted by Crippen LogP contribution is 2.42. The van der Waals surface area contributed by atoms with Crippen molar-refractivity contribution in [2.24, 2.45) is 5.92 Å². The number of carboxylic acids is 1. The van der Waals surface area contributed by atoms with Crippen LogP contribution in [-0.4, -0.2) is 27.3 Å². The number of aliphatic carboxylic acids is 1. The fourth-order valence-corrected chi connectivity index (χ4v) is 2.50. The maximum Gasteiger partial charge on any atom is 0.304 e. The van der Waals surface area contributed by atoms with E-state index < -0.39 is 5.97 Å². The lowest BCUT2D eigenvalue weighted by Gasteiger charge is -2.40. The van der Waals surface area contributed by atoms with Crippen molar-refractivity contribution in [1.82, 2.24) is 4.90 Å². The van der Waals surface area contributed by atoms with Crippen molar-refractivity contribution in [3.05, 3.63) is 11.6 Å². The number of thioether (sulfide) groups is 1. The third-order valence-electron chi connectivity index (χ3n) is 2.02. The predicted octanol–water partition coefficient (Wildman–Crippen LogP) is 0.464. The van der Waals surface area contributed by atoms with Gasteiger partial charge >= 0.3 is 5.97 Å². The number of carbonyl (C=O) groups excluding carboxylic acids is 1. The quantitative estimate of drug-likeness (QED) is 0.635. The zero-order chi connectivity index (χ0) is 8.72. The van der Waals surface area contributed by atoms with Crippen LogP contribution in [0.15, 0.2) is 11.6 Å². The van der Waals surface area contributed by atoms with Crippen LogP contribution in [0.1, 0.15) is 6.42 Å². The van der Waals surface area contributed by atoms with Crippen molar-refractivity contribution in [2.75, 3.05) is 0 Å². The average Bonchev–Trinajstić information content (AvgIpc) is 2.44. The zero-order valence-electron chi connectivity index (χ0n) is 6.14. The number of amides is 1. The van der Waals surface area contributed by atoms with E-state index in [0.29, 0.717) is 0 Å². The van der Waals surface area contributed by atoms with Crippen molar-refractivity contribution in [3.63, 3.8) is 0 Å². The van der Waals surface area contributed by atoms with Crippen LogP contribution in [0, 0.1) is 5.92 Å². The van der Waals surface area contributed by atoms with Gasteiger partial charge in [-0.3, -0.25) is 9.59 Å². The summed E-state index contributed by atoms with van der Waals surface area (Å²) in [5.41, 5.74) is 0. The topological polar surface area (TPSA) is 57.6 Å². The molecular weight excluding hydrogens is 178 g/mol. The van der Waals surface area contributed by atoms with Crippen LogP contribution in [-0.2, 0) is 9.59 Å². The fraction of sp³-hybridized carbons (Fsp3) is 0.429. The average molecular weight is 185 g/mol. The Balaban J connectivity index is 2.02. The van der Waals surface area contributed by atoms with Gasteiger partial charge in [-0.2, -0.15) is 0 Å². The molecule has 0 aromatic rings. The van der Waals surface area contributed by atoms with E-state index in [9.17, 15) is 9.59 Å². The van der Waals surface area contributed by atoms with Crippen LogP contribution >= 0.6 is 11.8 Å². The van der Waals surface area contributed by atoms with Crippen LogP contribution < -0.4 is 0 Å². The first-order valence-electron chi connectivity index (χ1n) is 3.56. The summed E-state index contributed by atoms with van der Waals surface area (Å²) in [7, 11) is 0. The predicted molar refractivity (Wildman–Crippen MR) is 43.1 cm³/mol. The minimum absolute atomic E-state index is 0.0469. The Bertz CT molecular complexity index is 276. The lowest BCUT2D eigenvalue weighted by molar-refractivity contribution is -0.152. The summed E-state index contributed by atoms with van der Waals surface area (Å²) in [6.07, 6.45) is 1.66. The van der Waals surface area contributed by atoms with Crippen LogP contribution in [0.2, 0.25) is 0 Å². The van der Waals surface area contributed by atoms with E-state index in [4.69, 9.17) is 5.11 Å². The van der Waals surface area contributed by atoms with Gasteiger partial charge in [0.1, 0.15) is 0 Å². The van der Waals surface area contributed by atoms with Crippen molar-refractivity contribution >= 4 is 23.6 Å². The molecule has 2 aliphatic rings. The summed E-state index contributed by atoms with van der Waals surface area (Å²) < 4.78 is 0. The van der Waals surface area contributed by atoms with E-state index in [0.717, 1.165) is 0 Å². The van der Waals surface area contributed by atoms with Crippen molar-refractivity contribution in [1.29, 1.82) is 0 Å². The van der Waals surface area contributed by atoms with Gasteiger partial charge in [0.15, 0.2) is 0 Å². The number of β-lactam (4-membered cyclic amide) rings is 1. The van der Waals surface area contributed by atoms with Gasteiger partial charge in [0.25, 0.3) is 0 Å². The summed E-state index contributed by atoms with van der Waals surface area (Å²) in [5, 5.41) is 10.4. The minimum atomic E-state index is -0.902. The molecule has 0 aliphatic carbocycles. The van der Waals surface area contributed by atoms with E-state index >= 15 is 0 Å². The third kappa shape index (κ3) is 0.929. The second kappa shape index (κ2) is 2.52. The first-order chi connectivity index (χ1) is 5.70. The van der Waals surface area contributed by atoms with Crippen molar-refractivity contribution in [3.8, 4) is 0 Å². The van der Waals surface area contributed by atoms with Gasteiger partial charge < -0.3 is 10.0 Å². The SMILES string of the molecule is O=C(O)CC1C(=O)N2C=CS[C@@H]12. The number of hydrogen-bond donors (Lipinski definition) is 1. The van der Waals surface area contributed by atoms with E-state index in [1.165, 1.54) is 11.8 Å². The lowest BCUT2D eigenvalue weighted by atomic mass is 9.95. The van der Waals surface area contributed by atoms with E-state index in [1.54, 1.807) is 11.1 Å². The monoisotopic (exact) mass is 185 g/mol. The highest BCUT2D eigenvalue weighted by molar-refractivity contribution is 8.03. The van der Waals surface area contributed by atoms with Crippen LogP contribution in [0.5, 0.6) is 0 Å². The number of nitrogens with zero attached hydrogens (tertiary/aromatic N) is 1. The molecule has 1 amide bonds. The van der Waals surface area contributed by atoms with Crippen molar-refractivity contribution < 1.29 is 14.7 Å². The minimum Gasteiger partial charge on any atom is -0.481 e. The van der Waals surface area contributed by atoms with Crippen LogP contribution in [0.4, 0.5) is 0 Å². The molecule has 0 aromatic carbocycles. The van der Waals surface area contributed by atoms with Crippen LogP contribution in [0.3, 0.4) is 0 Å². The molecule has 4 nitrogen and oxygen atoms in total. The molecule has 0 bridgehead atoms. The van der Waals surface area contributed by atoms with Gasteiger partial charge in [-0.15, -0.1) is 11.8 Å². The Morgan fingerprint density at radius 3 is 3.17 bits per heavy atom. The molecule has 1 N–H and O–H groups in total. The lowest BCUT2D eigenvalue weighted by Crippen LogP contribution is -2.55. The molecule has 1 saturated heterocycles. The fourth-order valence-electron chi connectivity index (χ4n) is 1.43. The normalized spacial score (nSPS) is 31.7. The maximum absolute atomic E-state index is 11.2. The summed E-state index contributed by atoms with van der Waals surface area (Å²) in [4.78, 5) is 23.1. The number of fused-ring (bicyclic) bond motifs is 1. The molecule has 2 aliphatic heterocycles. The number of hydrogen-bond acceptors (Lipinski definition) is 3. The van der Waals surface area contributed by atoms with Gasteiger partial charge in [-0.25, -0.2) is 0 Å². The zero-order valence-corrected chi connectivity index (χ0v) is 6.95. The Labute approximate surface area is 73.2 Å². The Kier molecular flexibility index (Phi) is 1.61. The molecule has 12 heavy (non-hydrogen) atoms. The molecule has 2 heterocycles. The van der Waals surface area contributed by atoms with Gasteiger partial charge in [-0.05, 0) is 5.41 Å². The Morgan fingerprint density at radius 1 is 1.75 bits per heavy atom. The molecule has 0 aromatic heterocycles. The number of carboxylic acid groups (broad SMARTS) is 1. The summed E-state index contributed by atoms with van der Waals surface area (Å²) in [6.45, 7) is 0. The second-order valence-corrected chi connectivity index (χ2v) is 3.79. The highest BCUT2D eigenvalue weighted by Gasteiger charge is 2.49. The number of carbonyl (C=O) groups is 2. The molecule has 2 rings (SSSR count). The number of rotatable bonds is 2. The van der Waals surface area contributed by atoms with E-state index in [-0.39, 0.29) is 23.6 Å². The maximum atomic E-state index is 11.2. The molecule has 0 saturated carbocycles. The smallest absolute Gasteiger partial charge is 0.304 e. The first kappa shape index (κ1) is 7.67. The standard InChI is InChI=1S/C7H7NO3S/c9-5(10)3-4-6(11)8-1-2-12-7(4)8/h1-2,4,7H,3H2,(H,9,10)/t4?,7-/m0/s1. The van der Waals surface area contributed by atoms with Crippen LogP contribution in [0.25, 0.3) is 0 Å². The molecule has 0 radical (unpaired) electrons.